The molecule has 6 heteroatoms. The Bertz CT molecular complexity index is 344. The highest BCUT2D eigenvalue weighted by molar-refractivity contribution is 5.78. The molecule has 0 unspecified atom stereocenters. The Morgan fingerprint density at radius 3 is 2.19 bits per heavy atom. The molecule has 0 heterocycles. The van der Waals surface area contributed by atoms with Crippen LogP contribution in [0.2, 0.25) is 0 Å². The van der Waals surface area contributed by atoms with E-state index in [1.807, 2.05) is 34.6 Å². The Morgan fingerprint density at radius 2 is 1.76 bits per heavy atom. The molecule has 0 aromatic heterocycles. The van der Waals surface area contributed by atoms with Gasteiger partial charge >= 0.3 is 6.09 Å². The fourth-order valence-electron chi connectivity index (χ4n) is 1.76. The molecule has 0 aliphatic heterocycles. The van der Waals surface area contributed by atoms with Crippen LogP contribution in [0.25, 0.3) is 0 Å². The van der Waals surface area contributed by atoms with Gasteiger partial charge in [-0.3, -0.25) is 4.99 Å². The number of hydrogen-bond donors (Lipinski definition) is 3. The van der Waals surface area contributed by atoms with Gasteiger partial charge in [0.25, 0.3) is 0 Å². The first-order chi connectivity index (χ1) is 9.68. The topological polar surface area (TPSA) is 88.7 Å². The number of rotatable bonds is 7. The molecule has 0 saturated carbocycles. The number of aliphatic imine (C=N–C) groups is 1. The highest BCUT2D eigenvalue weighted by Crippen LogP contribution is 2.17. The molecule has 0 atom stereocenters. The van der Waals surface area contributed by atoms with Gasteiger partial charge < -0.3 is 21.1 Å². The molecule has 0 aromatic carbocycles. The predicted octanol–water partition coefficient (Wildman–Crippen LogP) is 2.38. The van der Waals surface area contributed by atoms with Crippen molar-refractivity contribution in [2.75, 3.05) is 13.1 Å². The maximum Gasteiger partial charge on any atom is 0.408 e. The number of ether oxygens (including phenoxy) is 1. The first-order valence-corrected chi connectivity index (χ1v) is 7.73. The summed E-state index contributed by atoms with van der Waals surface area (Å²) in [6.45, 7) is 12.9. The number of amides is 1. The van der Waals surface area contributed by atoms with Crippen LogP contribution in [0.4, 0.5) is 4.79 Å². The van der Waals surface area contributed by atoms with Crippen molar-refractivity contribution in [3.63, 3.8) is 0 Å². The molecular formula is C15H32N4O2. The van der Waals surface area contributed by atoms with Crippen molar-refractivity contribution in [3.05, 3.63) is 0 Å². The van der Waals surface area contributed by atoms with Crippen molar-refractivity contribution < 1.29 is 9.53 Å². The molecule has 0 bridgehead atoms. The minimum Gasteiger partial charge on any atom is -0.444 e. The summed E-state index contributed by atoms with van der Waals surface area (Å²) in [5, 5.41) is 5.97. The standard InChI is InChI=1S/C15H32N4O2/c1-7-10-17-12(16)18-11-15(8-2,9-3)19-13(20)21-14(4,5)6/h7-11H2,1-6H3,(H,19,20)(H3,16,17,18). The largest absolute Gasteiger partial charge is 0.444 e. The molecule has 124 valence electrons. The van der Waals surface area contributed by atoms with Crippen LogP contribution < -0.4 is 16.4 Å². The van der Waals surface area contributed by atoms with Crippen LogP contribution in [0.5, 0.6) is 0 Å². The average Bonchev–Trinajstić information content (AvgIpc) is 2.39. The molecule has 1 amide bonds. The summed E-state index contributed by atoms with van der Waals surface area (Å²) in [5.41, 5.74) is 4.86. The van der Waals surface area contributed by atoms with Crippen LogP contribution >= 0.6 is 0 Å². The summed E-state index contributed by atoms with van der Waals surface area (Å²) < 4.78 is 5.32. The maximum absolute atomic E-state index is 12.0. The van der Waals surface area contributed by atoms with Gasteiger partial charge in [-0.2, -0.15) is 0 Å². The van der Waals surface area contributed by atoms with Crippen LogP contribution in [0, 0.1) is 0 Å². The van der Waals surface area contributed by atoms with Gasteiger partial charge in [-0.25, -0.2) is 4.79 Å². The summed E-state index contributed by atoms with van der Waals surface area (Å²) in [7, 11) is 0. The Balaban J connectivity index is 4.73. The quantitative estimate of drug-likeness (QED) is 0.497. The SMILES string of the molecule is CCCNC(N)=NCC(CC)(CC)NC(=O)OC(C)(C)C. The Morgan fingerprint density at radius 1 is 1.19 bits per heavy atom. The van der Waals surface area contributed by atoms with E-state index in [0.29, 0.717) is 12.5 Å². The van der Waals surface area contributed by atoms with E-state index in [9.17, 15) is 4.79 Å². The van der Waals surface area contributed by atoms with Crippen molar-refractivity contribution in [3.8, 4) is 0 Å². The number of nitrogens with one attached hydrogen (secondary N) is 2. The van der Waals surface area contributed by atoms with Crippen molar-refractivity contribution in [1.29, 1.82) is 0 Å². The number of hydrogen-bond acceptors (Lipinski definition) is 3. The maximum atomic E-state index is 12.0. The van der Waals surface area contributed by atoms with Crippen LogP contribution in [-0.4, -0.2) is 36.3 Å². The monoisotopic (exact) mass is 300 g/mol. The highest BCUT2D eigenvalue weighted by atomic mass is 16.6. The van der Waals surface area contributed by atoms with E-state index in [1.165, 1.54) is 0 Å². The highest BCUT2D eigenvalue weighted by Gasteiger charge is 2.30. The van der Waals surface area contributed by atoms with Gasteiger partial charge in [-0.15, -0.1) is 0 Å². The molecule has 0 saturated heterocycles. The van der Waals surface area contributed by atoms with Crippen molar-refractivity contribution in [1.82, 2.24) is 10.6 Å². The molecule has 6 nitrogen and oxygen atoms in total. The molecular weight excluding hydrogens is 268 g/mol. The van der Waals surface area contributed by atoms with E-state index in [4.69, 9.17) is 10.5 Å². The third kappa shape index (κ3) is 8.42. The predicted molar refractivity (Wildman–Crippen MR) is 87.5 cm³/mol. The Labute approximate surface area is 128 Å². The number of alkyl carbamates (subject to hydrolysis) is 1. The van der Waals surface area contributed by atoms with Crippen molar-refractivity contribution in [2.45, 2.75) is 71.9 Å². The van der Waals surface area contributed by atoms with E-state index < -0.39 is 17.2 Å². The number of carbonyl (C=O) groups excluding carboxylic acids is 1. The van der Waals surface area contributed by atoms with Gasteiger partial charge in [-0.1, -0.05) is 20.8 Å². The number of nitrogens with zero attached hydrogens (tertiary/aromatic N) is 1. The zero-order valence-electron chi connectivity index (χ0n) is 14.4. The lowest BCUT2D eigenvalue weighted by Crippen LogP contribution is -2.52. The molecule has 0 aromatic rings. The van der Waals surface area contributed by atoms with E-state index >= 15 is 0 Å². The molecule has 21 heavy (non-hydrogen) atoms. The zero-order valence-corrected chi connectivity index (χ0v) is 14.4. The van der Waals surface area contributed by atoms with Gasteiger partial charge in [0.1, 0.15) is 5.60 Å². The molecule has 0 radical (unpaired) electrons. The number of guanidine groups is 1. The second-order valence-electron chi connectivity index (χ2n) is 6.24. The lowest BCUT2D eigenvalue weighted by atomic mass is 9.93. The van der Waals surface area contributed by atoms with Gasteiger partial charge in [0.2, 0.25) is 0 Å². The molecule has 0 rings (SSSR count). The van der Waals surface area contributed by atoms with E-state index in [1.54, 1.807) is 0 Å². The van der Waals surface area contributed by atoms with Crippen LogP contribution in [0.3, 0.4) is 0 Å². The van der Waals surface area contributed by atoms with E-state index in [0.717, 1.165) is 25.8 Å². The lowest BCUT2D eigenvalue weighted by Gasteiger charge is -2.32. The van der Waals surface area contributed by atoms with Crippen LogP contribution in [-0.2, 0) is 4.74 Å². The van der Waals surface area contributed by atoms with Gasteiger partial charge in [0, 0.05) is 6.54 Å². The first-order valence-electron chi connectivity index (χ1n) is 7.73. The van der Waals surface area contributed by atoms with Crippen LogP contribution in [0.15, 0.2) is 4.99 Å². The molecule has 0 fully saturated rings. The summed E-state index contributed by atoms with van der Waals surface area (Å²) >= 11 is 0. The molecule has 0 aliphatic carbocycles. The molecule has 0 aliphatic rings. The fraction of sp³-hybridized carbons (Fsp3) is 0.867. The minimum absolute atomic E-state index is 0.411. The lowest BCUT2D eigenvalue weighted by molar-refractivity contribution is 0.0452. The number of carbonyl (C=O) groups is 1. The molecule has 0 spiro atoms. The summed E-state index contributed by atoms with van der Waals surface area (Å²) in [4.78, 5) is 16.3. The Hall–Kier alpha value is -1.46. The summed E-state index contributed by atoms with van der Waals surface area (Å²) in [6.07, 6.45) is 2.08. The average molecular weight is 300 g/mol. The van der Waals surface area contributed by atoms with E-state index in [2.05, 4.69) is 22.5 Å². The summed E-state index contributed by atoms with van der Waals surface area (Å²) in [6, 6.07) is 0. The molecule has 4 N–H and O–H groups in total. The van der Waals surface area contributed by atoms with Crippen LogP contribution in [0.1, 0.15) is 60.8 Å². The minimum atomic E-state index is -0.512. The smallest absolute Gasteiger partial charge is 0.408 e. The third-order valence-electron chi connectivity index (χ3n) is 3.23. The second kappa shape index (κ2) is 8.74. The third-order valence-corrected chi connectivity index (χ3v) is 3.23. The van der Waals surface area contributed by atoms with Crippen molar-refractivity contribution in [2.24, 2.45) is 10.7 Å². The summed E-state index contributed by atoms with van der Waals surface area (Å²) in [5.74, 6) is 0.411. The second-order valence-corrected chi connectivity index (χ2v) is 6.24. The van der Waals surface area contributed by atoms with E-state index in [-0.39, 0.29) is 0 Å². The first kappa shape index (κ1) is 19.5. The van der Waals surface area contributed by atoms with Gasteiger partial charge in [0.15, 0.2) is 5.96 Å². The Kier molecular flexibility index (Phi) is 8.14. The number of nitrogens with two attached hydrogens (primary N) is 1. The normalized spacial score (nSPS) is 13.0. The van der Waals surface area contributed by atoms with Crippen molar-refractivity contribution >= 4 is 12.1 Å². The van der Waals surface area contributed by atoms with Gasteiger partial charge in [-0.05, 0) is 40.0 Å². The fourth-order valence-corrected chi connectivity index (χ4v) is 1.76. The zero-order chi connectivity index (χ0) is 16.5. The van der Waals surface area contributed by atoms with Gasteiger partial charge in [0.05, 0.1) is 12.1 Å².